The van der Waals surface area contributed by atoms with Crippen LogP contribution in [0.15, 0.2) is 30.3 Å². The molecule has 16 heavy (non-hydrogen) atoms. The number of hydrogen-bond donors (Lipinski definition) is 1. The molecule has 2 rings (SSSR count). The van der Waals surface area contributed by atoms with Crippen molar-refractivity contribution in [2.45, 2.75) is 13.0 Å². The van der Waals surface area contributed by atoms with E-state index in [1.807, 2.05) is 18.2 Å². The number of likely N-dealkylation sites (tertiary alicyclic amines) is 1. The van der Waals surface area contributed by atoms with Crippen LogP contribution in [-0.2, 0) is 6.54 Å². The van der Waals surface area contributed by atoms with Crippen LogP contribution >= 0.6 is 0 Å². The van der Waals surface area contributed by atoms with Crippen LogP contribution < -0.4 is 0 Å². The Hall–Kier alpha value is -1.66. The number of nitrogens with one attached hydrogen (secondary N) is 1. The van der Waals surface area contributed by atoms with Crippen molar-refractivity contribution in [3.05, 3.63) is 35.9 Å². The summed E-state index contributed by atoms with van der Waals surface area (Å²) in [4.78, 5) is 2.25. The van der Waals surface area contributed by atoms with Gasteiger partial charge in [-0.2, -0.15) is 5.26 Å². The molecular formula is C13H15N3. The lowest BCUT2D eigenvalue weighted by atomic mass is 9.97. The molecule has 1 N–H and O–H groups in total. The zero-order valence-electron chi connectivity index (χ0n) is 9.19. The molecule has 82 valence electrons. The average molecular weight is 213 g/mol. The molecule has 1 fully saturated rings. The highest BCUT2D eigenvalue weighted by Crippen LogP contribution is 2.15. The molecule has 0 radical (unpaired) electrons. The van der Waals surface area contributed by atoms with Gasteiger partial charge in [0.05, 0.1) is 12.0 Å². The van der Waals surface area contributed by atoms with Gasteiger partial charge in [-0.15, -0.1) is 0 Å². The minimum Gasteiger partial charge on any atom is -0.308 e. The number of benzene rings is 1. The maximum absolute atomic E-state index is 8.93. The standard InChI is InChI=1S/C13H15N3/c14-8-12-10-16(7-6-13(12)15)9-11-4-2-1-3-5-11/h1-5,12,15H,6-7,9-10H2/t12-/m1/s1. The van der Waals surface area contributed by atoms with Gasteiger partial charge in [0, 0.05) is 25.3 Å². The maximum Gasteiger partial charge on any atom is 0.0965 e. The normalized spacial score (nSPS) is 21.7. The summed E-state index contributed by atoms with van der Waals surface area (Å²) in [5.74, 6) is -0.211. The second kappa shape index (κ2) is 4.91. The summed E-state index contributed by atoms with van der Waals surface area (Å²) in [6.45, 7) is 2.47. The van der Waals surface area contributed by atoms with Crippen LogP contribution in [0.1, 0.15) is 12.0 Å². The van der Waals surface area contributed by atoms with Gasteiger partial charge < -0.3 is 5.41 Å². The first-order chi connectivity index (χ1) is 7.79. The summed E-state index contributed by atoms with van der Waals surface area (Å²) in [6, 6.07) is 12.5. The van der Waals surface area contributed by atoms with Crippen molar-refractivity contribution in [3.63, 3.8) is 0 Å². The van der Waals surface area contributed by atoms with E-state index in [1.54, 1.807) is 0 Å². The van der Waals surface area contributed by atoms with Gasteiger partial charge in [0.15, 0.2) is 0 Å². The Labute approximate surface area is 95.8 Å². The van der Waals surface area contributed by atoms with E-state index >= 15 is 0 Å². The molecule has 0 spiro atoms. The second-order valence-electron chi connectivity index (χ2n) is 4.18. The van der Waals surface area contributed by atoms with Crippen molar-refractivity contribution in [3.8, 4) is 6.07 Å². The summed E-state index contributed by atoms with van der Waals surface area (Å²) < 4.78 is 0. The third-order valence-electron chi connectivity index (χ3n) is 2.96. The Balaban J connectivity index is 1.97. The molecule has 0 unspecified atom stereocenters. The van der Waals surface area contributed by atoms with E-state index < -0.39 is 0 Å². The molecular weight excluding hydrogens is 198 g/mol. The van der Waals surface area contributed by atoms with Gasteiger partial charge in [0.2, 0.25) is 0 Å². The average Bonchev–Trinajstić information content (AvgIpc) is 2.33. The first kappa shape index (κ1) is 10.8. The highest BCUT2D eigenvalue weighted by atomic mass is 15.1. The first-order valence-electron chi connectivity index (χ1n) is 5.53. The SMILES string of the molecule is N#C[C@@H]1CN(Cc2ccccc2)CCC1=N. The van der Waals surface area contributed by atoms with Gasteiger partial charge in [-0.3, -0.25) is 4.90 Å². The molecule has 1 saturated heterocycles. The molecule has 0 saturated carbocycles. The molecule has 0 bridgehead atoms. The monoisotopic (exact) mass is 213 g/mol. The number of nitrogens with zero attached hydrogens (tertiary/aromatic N) is 2. The molecule has 1 aliphatic rings. The summed E-state index contributed by atoms with van der Waals surface area (Å²) in [6.07, 6.45) is 0.727. The van der Waals surface area contributed by atoms with Crippen molar-refractivity contribution in [2.75, 3.05) is 13.1 Å². The maximum atomic E-state index is 8.93. The number of piperidine rings is 1. The minimum absolute atomic E-state index is 0.211. The zero-order chi connectivity index (χ0) is 11.4. The lowest BCUT2D eigenvalue weighted by Gasteiger charge is -2.30. The Morgan fingerprint density at radius 2 is 2.12 bits per heavy atom. The quantitative estimate of drug-likeness (QED) is 0.817. The summed E-state index contributed by atoms with van der Waals surface area (Å²) >= 11 is 0. The summed E-state index contributed by atoms with van der Waals surface area (Å²) in [5.41, 5.74) is 1.86. The van der Waals surface area contributed by atoms with Gasteiger partial charge in [-0.25, -0.2) is 0 Å². The number of nitriles is 1. The Morgan fingerprint density at radius 1 is 1.38 bits per heavy atom. The second-order valence-corrected chi connectivity index (χ2v) is 4.18. The van der Waals surface area contributed by atoms with Crippen molar-refractivity contribution < 1.29 is 0 Å². The number of rotatable bonds is 2. The van der Waals surface area contributed by atoms with Crippen molar-refractivity contribution >= 4 is 5.71 Å². The predicted octanol–water partition coefficient (Wildman–Crippen LogP) is 2.05. The molecule has 0 aliphatic carbocycles. The smallest absolute Gasteiger partial charge is 0.0965 e. The van der Waals surface area contributed by atoms with Crippen LogP contribution in [0.25, 0.3) is 0 Å². The van der Waals surface area contributed by atoms with Crippen molar-refractivity contribution in [2.24, 2.45) is 5.92 Å². The minimum atomic E-state index is -0.211. The topological polar surface area (TPSA) is 50.9 Å². The third kappa shape index (κ3) is 2.47. The Morgan fingerprint density at radius 3 is 2.81 bits per heavy atom. The zero-order valence-corrected chi connectivity index (χ0v) is 9.19. The van der Waals surface area contributed by atoms with Gasteiger partial charge in [0.1, 0.15) is 0 Å². The molecule has 3 heteroatoms. The van der Waals surface area contributed by atoms with E-state index in [4.69, 9.17) is 10.7 Å². The lowest BCUT2D eigenvalue weighted by Crippen LogP contribution is -2.39. The molecule has 1 heterocycles. The van der Waals surface area contributed by atoms with E-state index in [9.17, 15) is 0 Å². The summed E-state index contributed by atoms with van der Waals surface area (Å²) in [7, 11) is 0. The van der Waals surface area contributed by atoms with Crippen LogP contribution in [0, 0.1) is 22.7 Å². The van der Waals surface area contributed by atoms with Gasteiger partial charge in [-0.1, -0.05) is 30.3 Å². The molecule has 1 atom stereocenters. The van der Waals surface area contributed by atoms with Gasteiger partial charge in [-0.05, 0) is 12.0 Å². The Kier molecular flexibility index (Phi) is 3.33. The third-order valence-corrected chi connectivity index (χ3v) is 2.96. The first-order valence-corrected chi connectivity index (χ1v) is 5.53. The van der Waals surface area contributed by atoms with Crippen LogP contribution in [0.3, 0.4) is 0 Å². The van der Waals surface area contributed by atoms with Gasteiger partial charge >= 0.3 is 0 Å². The molecule has 1 aromatic carbocycles. The van der Waals surface area contributed by atoms with Gasteiger partial charge in [0.25, 0.3) is 0 Å². The van der Waals surface area contributed by atoms with E-state index in [-0.39, 0.29) is 5.92 Å². The molecule has 3 nitrogen and oxygen atoms in total. The van der Waals surface area contributed by atoms with Crippen LogP contribution in [0.2, 0.25) is 0 Å². The highest BCUT2D eigenvalue weighted by molar-refractivity contribution is 5.87. The fraction of sp³-hybridized carbons (Fsp3) is 0.385. The predicted molar refractivity (Wildman–Crippen MR) is 63.2 cm³/mol. The largest absolute Gasteiger partial charge is 0.308 e. The van der Waals surface area contributed by atoms with Crippen LogP contribution in [-0.4, -0.2) is 23.7 Å². The van der Waals surface area contributed by atoms with E-state index in [0.717, 1.165) is 19.5 Å². The molecule has 0 amide bonds. The molecule has 1 aliphatic heterocycles. The fourth-order valence-corrected chi connectivity index (χ4v) is 2.02. The summed E-state index contributed by atoms with van der Waals surface area (Å²) in [5, 5.41) is 16.6. The van der Waals surface area contributed by atoms with E-state index in [0.29, 0.717) is 12.3 Å². The van der Waals surface area contributed by atoms with Crippen LogP contribution in [0.4, 0.5) is 0 Å². The van der Waals surface area contributed by atoms with Crippen molar-refractivity contribution in [1.29, 1.82) is 10.7 Å². The van der Waals surface area contributed by atoms with E-state index in [2.05, 4.69) is 23.1 Å². The van der Waals surface area contributed by atoms with Crippen LogP contribution in [0.5, 0.6) is 0 Å². The van der Waals surface area contributed by atoms with Crippen molar-refractivity contribution in [1.82, 2.24) is 4.90 Å². The van der Waals surface area contributed by atoms with E-state index in [1.165, 1.54) is 5.56 Å². The number of hydrogen-bond acceptors (Lipinski definition) is 3. The molecule has 1 aromatic rings. The molecule has 0 aromatic heterocycles. The Bertz CT molecular complexity index is 405. The fourth-order valence-electron chi connectivity index (χ4n) is 2.02. The highest BCUT2D eigenvalue weighted by Gasteiger charge is 2.23. The lowest BCUT2D eigenvalue weighted by molar-refractivity contribution is 0.247.